The Morgan fingerprint density at radius 2 is 2.00 bits per heavy atom. The number of rotatable bonds is 5. The van der Waals surface area contributed by atoms with Gasteiger partial charge in [0.1, 0.15) is 11.6 Å². The predicted molar refractivity (Wildman–Crippen MR) is 113 cm³/mol. The smallest absolute Gasteiger partial charge is 0.229 e. The van der Waals surface area contributed by atoms with Crippen molar-refractivity contribution in [2.75, 3.05) is 5.32 Å². The molecule has 2 N–H and O–H groups in total. The molecular formula is C23H18FN5O2. The molecule has 31 heavy (non-hydrogen) atoms. The van der Waals surface area contributed by atoms with Gasteiger partial charge in [-0.15, -0.1) is 0 Å². The lowest BCUT2D eigenvalue weighted by molar-refractivity contribution is -0.120. The molecule has 2 heterocycles. The maximum absolute atomic E-state index is 13.4. The number of benzene rings is 2. The van der Waals surface area contributed by atoms with Crippen molar-refractivity contribution in [1.82, 2.24) is 14.5 Å². The van der Waals surface area contributed by atoms with Crippen LogP contribution in [0.15, 0.2) is 66.9 Å². The average Bonchev–Trinajstić information content (AvgIpc) is 3.11. The lowest BCUT2D eigenvalue weighted by Gasteiger charge is -2.23. The van der Waals surface area contributed by atoms with Gasteiger partial charge in [-0.3, -0.25) is 14.7 Å². The third kappa shape index (κ3) is 4.13. The van der Waals surface area contributed by atoms with Crippen LogP contribution in [-0.2, 0) is 10.4 Å². The highest BCUT2D eigenvalue weighted by atomic mass is 19.1. The van der Waals surface area contributed by atoms with Gasteiger partial charge < -0.3 is 5.11 Å². The molecule has 0 aliphatic heterocycles. The Morgan fingerprint density at radius 1 is 1.23 bits per heavy atom. The SMILES string of the molecule is CC(O)(CC(=O)Nc1nc2ccc(C#N)cc2n1-c1ccc(F)cn1)c1ccccc1. The van der Waals surface area contributed by atoms with E-state index in [-0.39, 0.29) is 12.4 Å². The minimum atomic E-state index is -1.38. The number of hydrogen-bond acceptors (Lipinski definition) is 5. The Hall–Kier alpha value is -4.09. The number of amides is 1. The molecule has 0 saturated heterocycles. The summed E-state index contributed by atoms with van der Waals surface area (Å²) in [6.07, 6.45) is 0.849. The molecule has 1 atom stereocenters. The van der Waals surface area contributed by atoms with Crippen molar-refractivity contribution >= 4 is 22.9 Å². The van der Waals surface area contributed by atoms with E-state index in [1.54, 1.807) is 49.4 Å². The van der Waals surface area contributed by atoms with Crippen molar-refractivity contribution < 1.29 is 14.3 Å². The molecule has 8 heteroatoms. The second-order valence-electron chi connectivity index (χ2n) is 7.29. The molecule has 1 unspecified atom stereocenters. The molecule has 0 aliphatic carbocycles. The van der Waals surface area contributed by atoms with E-state index in [1.165, 1.54) is 16.7 Å². The molecular weight excluding hydrogens is 397 g/mol. The van der Waals surface area contributed by atoms with Crippen molar-refractivity contribution in [3.63, 3.8) is 0 Å². The molecule has 0 fully saturated rings. The van der Waals surface area contributed by atoms with Crippen LogP contribution in [0.2, 0.25) is 0 Å². The fraction of sp³-hybridized carbons (Fsp3) is 0.130. The molecule has 2 aromatic carbocycles. The van der Waals surface area contributed by atoms with Crippen LogP contribution in [0, 0.1) is 17.1 Å². The third-order valence-corrected chi connectivity index (χ3v) is 4.88. The number of aliphatic hydroxyl groups is 1. The van der Waals surface area contributed by atoms with Gasteiger partial charge in [-0.25, -0.2) is 14.4 Å². The Balaban J connectivity index is 1.71. The van der Waals surface area contributed by atoms with Crippen molar-refractivity contribution in [3.05, 3.63) is 83.8 Å². The van der Waals surface area contributed by atoms with Crippen LogP contribution >= 0.6 is 0 Å². The van der Waals surface area contributed by atoms with Crippen molar-refractivity contribution in [1.29, 1.82) is 5.26 Å². The monoisotopic (exact) mass is 415 g/mol. The van der Waals surface area contributed by atoms with Crippen molar-refractivity contribution in [2.45, 2.75) is 18.9 Å². The number of carbonyl (C=O) groups is 1. The lowest BCUT2D eigenvalue weighted by atomic mass is 9.92. The van der Waals surface area contributed by atoms with Gasteiger partial charge in [0.2, 0.25) is 11.9 Å². The zero-order valence-electron chi connectivity index (χ0n) is 16.6. The fourth-order valence-corrected chi connectivity index (χ4v) is 3.34. The van der Waals surface area contributed by atoms with E-state index < -0.39 is 17.3 Å². The summed E-state index contributed by atoms with van der Waals surface area (Å²) in [5.74, 6) is -0.495. The maximum Gasteiger partial charge on any atom is 0.229 e. The van der Waals surface area contributed by atoms with Gasteiger partial charge in [-0.05, 0) is 42.8 Å². The summed E-state index contributed by atoms with van der Waals surface area (Å²) < 4.78 is 14.9. The first-order valence-electron chi connectivity index (χ1n) is 9.50. The summed E-state index contributed by atoms with van der Waals surface area (Å²) in [6, 6.07) is 18.5. The molecule has 0 radical (unpaired) electrons. The van der Waals surface area contributed by atoms with Gasteiger partial charge in [0, 0.05) is 0 Å². The van der Waals surface area contributed by atoms with Crippen molar-refractivity contribution in [3.8, 4) is 11.9 Å². The molecule has 1 amide bonds. The van der Waals surface area contributed by atoms with E-state index in [0.29, 0.717) is 28.0 Å². The molecule has 4 rings (SSSR count). The van der Waals surface area contributed by atoms with Crippen LogP contribution in [0.3, 0.4) is 0 Å². The zero-order chi connectivity index (χ0) is 22.0. The quantitative estimate of drug-likeness (QED) is 0.518. The number of hydrogen-bond donors (Lipinski definition) is 2. The van der Waals surface area contributed by atoms with Crippen LogP contribution in [0.1, 0.15) is 24.5 Å². The molecule has 4 aromatic rings. The molecule has 0 aliphatic rings. The van der Waals surface area contributed by atoms with Crippen LogP contribution in [0.4, 0.5) is 10.3 Å². The first-order chi connectivity index (χ1) is 14.9. The van der Waals surface area contributed by atoms with Gasteiger partial charge in [0.05, 0.1) is 40.9 Å². The molecule has 0 bridgehead atoms. The van der Waals surface area contributed by atoms with Crippen LogP contribution in [0.5, 0.6) is 0 Å². The lowest BCUT2D eigenvalue weighted by Crippen LogP contribution is -2.29. The summed E-state index contributed by atoms with van der Waals surface area (Å²) in [5.41, 5.74) is 0.682. The van der Waals surface area contributed by atoms with Crippen LogP contribution in [0.25, 0.3) is 16.9 Å². The minimum Gasteiger partial charge on any atom is -0.385 e. The molecule has 0 spiro atoms. The summed E-state index contributed by atoms with van der Waals surface area (Å²) in [5, 5.41) is 22.7. The highest BCUT2D eigenvalue weighted by molar-refractivity contribution is 5.93. The Bertz CT molecular complexity index is 1290. The van der Waals surface area contributed by atoms with Crippen LogP contribution in [-0.4, -0.2) is 25.5 Å². The number of aromatic nitrogens is 3. The van der Waals surface area contributed by atoms with E-state index >= 15 is 0 Å². The van der Waals surface area contributed by atoms with E-state index in [9.17, 15) is 19.6 Å². The average molecular weight is 415 g/mol. The largest absolute Gasteiger partial charge is 0.385 e. The molecule has 2 aromatic heterocycles. The number of nitrogens with zero attached hydrogens (tertiary/aromatic N) is 4. The number of fused-ring (bicyclic) bond motifs is 1. The summed E-state index contributed by atoms with van der Waals surface area (Å²) in [6.45, 7) is 1.56. The number of nitrogens with one attached hydrogen (secondary N) is 1. The van der Waals surface area contributed by atoms with E-state index in [4.69, 9.17) is 0 Å². The first-order valence-corrected chi connectivity index (χ1v) is 9.50. The number of anilines is 1. The van der Waals surface area contributed by atoms with Gasteiger partial charge in [-0.1, -0.05) is 30.3 Å². The summed E-state index contributed by atoms with van der Waals surface area (Å²) >= 11 is 0. The fourth-order valence-electron chi connectivity index (χ4n) is 3.34. The molecule has 154 valence electrons. The standard InChI is InChI=1S/C23H18FN5O2/c1-23(31,16-5-3-2-4-6-16)12-21(30)28-22-27-18-9-7-15(13-25)11-19(18)29(22)20-10-8-17(24)14-26-20/h2-11,14,31H,12H2,1H3,(H,27,28,30). The second-order valence-corrected chi connectivity index (χ2v) is 7.29. The van der Waals surface area contributed by atoms with Gasteiger partial charge in [-0.2, -0.15) is 5.26 Å². The van der Waals surface area contributed by atoms with Gasteiger partial charge in [0.25, 0.3) is 0 Å². The highest BCUT2D eigenvalue weighted by Gasteiger charge is 2.27. The number of pyridine rings is 1. The van der Waals surface area contributed by atoms with Crippen LogP contribution < -0.4 is 5.32 Å². The van der Waals surface area contributed by atoms with E-state index in [2.05, 4.69) is 21.4 Å². The number of imidazole rings is 1. The Labute approximate surface area is 177 Å². The van der Waals surface area contributed by atoms with Gasteiger partial charge in [0.15, 0.2) is 0 Å². The number of carbonyl (C=O) groups excluding carboxylic acids is 1. The maximum atomic E-state index is 13.4. The minimum absolute atomic E-state index is 0.151. The highest BCUT2D eigenvalue weighted by Crippen LogP contribution is 2.27. The van der Waals surface area contributed by atoms with E-state index in [1.807, 2.05) is 6.07 Å². The Kier molecular flexibility index (Phi) is 5.19. The van der Waals surface area contributed by atoms with E-state index in [0.717, 1.165) is 6.20 Å². The summed E-state index contributed by atoms with van der Waals surface area (Å²) in [7, 11) is 0. The topological polar surface area (TPSA) is 104 Å². The van der Waals surface area contributed by atoms with Gasteiger partial charge >= 0.3 is 0 Å². The normalized spacial score (nSPS) is 12.8. The summed E-state index contributed by atoms with van der Waals surface area (Å²) in [4.78, 5) is 21.3. The number of halogens is 1. The first kappa shape index (κ1) is 20.2. The molecule has 7 nitrogen and oxygen atoms in total. The predicted octanol–water partition coefficient (Wildman–Crippen LogP) is 3.67. The third-order valence-electron chi connectivity index (χ3n) is 4.88. The Morgan fingerprint density at radius 3 is 2.68 bits per heavy atom. The number of nitriles is 1. The second kappa shape index (κ2) is 7.97. The zero-order valence-corrected chi connectivity index (χ0v) is 16.6. The molecule has 0 saturated carbocycles. The van der Waals surface area contributed by atoms with Crippen molar-refractivity contribution in [2.24, 2.45) is 0 Å².